The Hall–Kier alpha value is 0.426. The average Bonchev–Trinajstić information content (AvgIpc) is 2.31. The van der Waals surface area contributed by atoms with Gasteiger partial charge in [0.2, 0.25) is 0 Å². The highest BCUT2D eigenvalue weighted by Crippen LogP contribution is 2.12. The Labute approximate surface area is 108 Å². The summed E-state index contributed by atoms with van der Waals surface area (Å²) in [5.41, 5.74) is 1.49. The predicted molar refractivity (Wildman–Crippen MR) is 69.9 cm³/mol. The number of hydrogen-bond acceptors (Lipinski definition) is 1. The largest absolute Gasteiger partial charge is 0.506 e. The summed E-state index contributed by atoms with van der Waals surface area (Å²) in [5.74, 6) is 0. The molecule has 1 saturated heterocycles. The minimum absolute atomic E-state index is 0.174. The lowest BCUT2D eigenvalue weighted by Gasteiger charge is -2.26. The number of likely N-dealkylation sites (tertiary alicyclic amines) is 1. The van der Waals surface area contributed by atoms with Gasteiger partial charge in [-0.05, 0) is 31.5 Å². The minimum Gasteiger partial charge on any atom is -0.299 e. The molecular formula is C12H16BrMgN. The second-order valence-corrected chi connectivity index (χ2v) is 7.06. The molecule has 0 amide bonds. The summed E-state index contributed by atoms with van der Waals surface area (Å²) >= 11 is 3.47. The molecule has 0 bridgehead atoms. The third kappa shape index (κ3) is 3.73. The molecule has 15 heavy (non-hydrogen) atoms. The maximum Gasteiger partial charge on any atom is 0.506 e. The molecule has 1 aromatic carbocycles. The maximum atomic E-state index is 3.64. The van der Waals surface area contributed by atoms with Crippen molar-refractivity contribution in [2.75, 3.05) is 13.1 Å². The highest BCUT2D eigenvalue weighted by Gasteiger charge is 2.10. The van der Waals surface area contributed by atoms with Gasteiger partial charge in [-0.2, -0.15) is 3.69 Å². The molecule has 0 aromatic heterocycles. The van der Waals surface area contributed by atoms with Crippen molar-refractivity contribution >= 4 is 34.8 Å². The Morgan fingerprint density at radius 1 is 1.20 bits per heavy atom. The first-order valence-corrected chi connectivity index (χ1v) is 10.4. The van der Waals surface area contributed by atoms with Crippen LogP contribution in [0.2, 0.25) is 0 Å². The Balaban J connectivity index is 1.96. The van der Waals surface area contributed by atoms with Crippen LogP contribution in [0.3, 0.4) is 0 Å². The van der Waals surface area contributed by atoms with Crippen LogP contribution in [0.4, 0.5) is 0 Å². The number of rotatable bonds is 3. The topological polar surface area (TPSA) is 3.24 Å². The SMILES string of the molecule is [Br][Mg][c]1cccc(CN2CCCCC2)c1. The van der Waals surface area contributed by atoms with Crippen molar-refractivity contribution in [3.63, 3.8) is 0 Å². The van der Waals surface area contributed by atoms with Crippen LogP contribution in [-0.2, 0) is 6.54 Å². The molecule has 1 aliphatic rings. The molecule has 0 spiro atoms. The second kappa shape index (κ2) is 6.23. The van der Waals surface area contributed by atoms with Crippen LogP contribution in [0.1, 0.15) is 24.8 Å². The molecular weight excluding hydrogens is 262 g/mol. The Kier molecular flexibility index (Phi) is 4.94. The van der Waals surface area contributed by atoms with Crippen LogP contribution in [0.5, 0.6) is 0 Å². The van der Waals surface area contributed by atoms with Crippen molar-refractivity contribution in [3.05, 3.63) is 29.8 Å². The normalized spacial score (nSPS) is 17.4. The van der Waals surface area contributed by atoms with Gasteiger partial charge in [-0.25, -0.2) is 0 Å². The van der Waals surface area contributed by atoms with E-state index in [9.17, 15) is 0 Å². The standard InChI is InChI=1S/C12H16N.BrH.Mg/c1-3-7-12(8-4-1)11-13-9-5-2-6-10-13;;/h1,3,7-8H,2,5-6,9-11H2;1H;/q;;+1/p-1. The van der Waals surface area contributed by atoms with Gasteiger partial charge < -0.3 is 0 Å². The van der Waals surface area contributed by atoms with E-state index in [-0.39, 0.29) is 18.2 Å². The van der Waals surface area contributed by atoms with Crippen molar-refractivity contribution in [1.29, 1.82) is 0 Å². The quantitative estimate of drug-likeness (QED) is 0.767. The fraction of sp³-hybridized carbons (Fsp3) is 0.500. The molecule has 0 N–H and O–H groups in total. The fourth-order valence-corrected chi connectivity index (χ4v) is 3.80. The third-order valence-electron chi connectivity index (χ3n) is 3.00. The van der Waals surface area contributed by atoms with Gasteiger partial charge in [0.15, 0.2) is 0 Å². The van der Waals surface area contributed by atoms with Gasteiger partial charge in [-0.15, -0.1) is 0 Å². The first kappa shape index (κ1) is 11.9. The van der Waals surface area contributed by atoms with Gasteiger partial charge in [0.25, 0.3) is 0 Å². The van der Waals surface area contributed by atoms with Gasteiger partial charge >= 0.3 is 18.2 Å². The smallest absolute Gasteiger partial charge is 0.299 e. The number of nitrogens with zero attached hydrogens (tertiary/aromatic N) is 1. The minimum atomic E-state index is -0.174. The summed E-state index contributed by atoms with van der Waals surface area (Å²) in [6.45, 7) is 3.72. The molecule has 0 atom stereocenters. The van der Waals surface area contributed by atoms with E-state index in [1.165, 1.54) is 41.6 Å². The highest BCUT2D eigenvalue weighted by atomic mass is 79.9. The molecule has 0 unspecified atom stereocenters. The van der Waals surface area contributed by atoms with Crippen molar-refractivity contribution in [2.24, 2.45) is 0 Å². The summed E-state index contributed by atoms with van der Waals surface area (Å²) in [6.07, 6.45) is 4.19. The Morgan fingerprint density at radius 2 is 2.00 bits per heavy atom. The van der Waals surface area contributed by atoms with E-state index in [0.717, 1.165) is 6.54 Å². The molecule has 1 nitrogen and oxygen atoms in total. The van der Waals surface area contributed by atoms with E-state index in [1.807, 2.05) is 0 Å². The molecule has 1 aliphatic heterocycles. The lowest BCUT2D eigenvalue weighted by Crippen LogP contribution is -2.29. The van der Waals surface area contributed by atoms with Crippen LogP contribution < -0.4 is 3.69 Å². The number of hydrogen-bond donors (Lipinski definition) is 0. The van der Waals surface area contributed by atoms with Gasteiger partial charge in [0.05, 0.1) is 0 Å². The molecule has 1 fully saturated rings. The molecule has 1 heterocycles. The summed E-state index contributed by atoms with van der Waals surface area (Å²) in [7, 11) is 0. The summed E-state index contributed by atoms with van der Waals surface area (Å²) in [6, 6.07) is 9.06. The monoisotopic (exact) mass is 277 g/mol. The zero-order chi connectivity index (χ0) is 10.5. The third-order valence-corrected chi connectivity index (χ3v) is 5.69. The number of piperidine rings is 1. The summed E-state index contributed by atoms with van der Waals surface area (Å²) < 4.78 is 1.52. The zero-order valence-corrected chi connectivity index (χ0v) is 12.1. The van der Waals surface area contributed by atoms with E-state index >= 15 is 0 Å². The molecule has 2 rings (SSSR count). The van der Waals surface area contributed by atoms with E-state index in [1.54, 1.807) is 0 Å². The Bertz CT molecular complexity index is 310. The number of benzene rings is 1. The molecule has 0 radical (unpaired) electrons. The highest BCUT2D eigenvalue weighted by molar-refractivity contribution is 9.23. The summed E-state index contributed by atoms with van der Waals surface area (Å²) in [5, 5.41) is 0. The van der Waals surface area contributed by atoms with Crippen LogP contribution >= 0.6 is 12.9 Å². The number of halogens is 1. The van der Waals surface area contributed by atoms with Crippen molar-refractivity contribution in [2.45, 2.75) is 25.8 Å². The predicted octanol–water partition coefficient (Wildman–Crippen LogP) is 2.31. The van der Waals surface area contributed by atoms with Gasteiger partial charge in [-0.1, -0.05) is 30.7 Å². The molecule has 78 valence electrons. The average molecular weight is 278 g/mol. The second-order valence-electron chi connectivity index (χ2n) is 4.29. The van der Waals surface area contributed by atoms with Crippen molar-refractivity contribution in [1.82, 2.24) is 4.90 Å². The van der Waals surface area contributed by atoms with Crippen LogP contribution in [0.15, 0.2) is 24.3 Å². The molecule has 0 saturated carbocycles. The van der Waals surface area contributed by atoms with Crippen LogP contribution in [0, 0.1) is 0 Å². The lowest BCUT2D eigenvalue weighted by atomic mass is 10.1. The summed E-state index contributed by atoms with van der Waals surface area (Å²) in [4.78, 5) is 2.58. The zero-order valence-electron chi connectivity index (χ0n) is 9.08. The maximum absolute atomic E-state index is 3.64. The fourth-order valence-electron chi connectivity index (χ4n) is 2.19. The molecule has 0 aliphatic carbocycles. The van der Waals surface area contributed by atoms with Gasteiger partial charge in [-0.3, -0.25) is 17.8 Å². The van der Waals surface area contributed by atoms with E-state index < -0.39 is 0 Å². The van der Waals surface area contributed by atoms with Crippen molar-refractivity contribution < 1.29 is 0 Å². The van der Waals surface area contributed by atoms with E-state index in [2.05, 4.69) is 42.0 Å². The van der Waals surface area contributed by atoms with Gasteiger partial charge in [0.1, 0.15) is 0 Å². The molecule has 3 heteroatoms. The molecule has 1 aromatic rings. The van der Waals surface area contributed by atoms with Crippen molar-refractivity contribution in [3.8, 4) is 0 Å². The van der Waals surface area contributed by atoms with Crippen LogP contribution in [0.25, 0.3) is 0 Å². The van der Waals surface area contributed by atoms with Crippen LogP contribution in [-0.4, -0.2) is 36.2 Å². The van der Waals surface area contributed by atoms with E-state index in [0.29, 0.717) is 0 Å². The first-order valence-electron chi connectivity index (χ1n) is 5.74. The van der Waals surface area contributed by atoms with Gasteiger partial charge in [0, 0.05) is 6.54 Å². The first-order chi connectivity index (χ1) is 7.38. The Morgan fingerprint density at radius 3 is 2.73 bits per heavy atom. The van der Waals surface area contributed by atoms with E-state index in [4.69, 9.17) is 0 Å². The lowest BCUT2D eigenvalue weighted by molar-refractivity contribution is 0.221.